The highest BCUT2D eigenvalue weighted by atomic mass is 79.9. The fraction of sp³-hybridized carbons (Fsp3) is 0.235. The summed E-state index contributed by atoms with van der Waals surface area (Å²) in [6.45, 7) is 5.05. The van der Waals surface area contributed by atoms with Gasteiger partial charge in [-0.05, 0) is 70.7 Å². The molecule has 0 spiro atoms. The van der Waals surface area contributed by atoms with Crippen molar-refractivity contribution in [3.05, 3.63) is 57.8 Å². The molecule has 3 rings (SSSR count). The maximum atomic E-state index is 5.27. The Morgan fingerprint density at radius 2 is 1.90 bits per heavy atom. The van der Waals surface area contributed by atoms with E-state index in [0.717, 1.165) is 22.3 Å². The summed E-state index contributed by atoms with van der Waals surface area (Å²) in [5.74, 6) is 0.848. The van der Waals surface area contributed by atoms with Crippen LogP contribution >= 0.6 is 15.9 Å². The molecule has 2 aromatic carbocycles. The van der Waals surface area contributed by atoms with Gasteiger partial charge in [0.15, 0.2) is 0 Å². The van der Waals surface area contributed by atoms with Gasteiger partial charge in [-0.25, -0.2) is 4.98 Å². The SMILES string of the molecule is COc1ccc(Cn2cnc3cc(C)c(C)cc32)cc1Br. The van der Waals surface area contributed by atoms with Gasteiger partial charge in [-0.1, -0.05) is 6.07 Å². The van der Waals surface area contributed by atoms with Crippen LogP contribution in [-0.2, 0) is 6.54 Å². The molecular weight excluding hydrogens is 328 g/mol. The Morgan fingerprint density at radius 3 is 2.62 bits per heavy atom. The zero-order valence-electron chi connectivity index (χ0n) is 12.4. The molecule has 1 heterocycles. The van der Waals surface area contributed by atoms with Crippen molar-refractivity contribution in [1.29, 1.82) is 0 Å². The van der Waals surface area contributed by atoms with E-state index in [4.69, 9.17) is 4.74 Å². The molecule has 0 saturated carbocycles. The molecule has 4 heteroatoms. The normalized spacial score (nSPS) is 11.0. The van der Waals surface area contributed by atoms with Gasteiger partial charge < -0.3 is 9.30 Å². The minimum absolute atomic E-state index is 0.793. The van der Waals surface area contributed by atoms with E-state index >= 15 is 0 Å². The lowest BCUT2D eigenvalue weighted by Gasteiger charge is -2.09. The summed E-state index contributed by atoms with van der Waals surface area (Å²) in [4.78, 5) is 4.50. The lowest BCUT2D eigenvalue weighted by molar-refractivity contribution is 0.412. The number of fused-ring (bicyclic) bond motifs is 1. The molecular formula is C17H17BrN2O. The topological polar surface area (TPSA) is 27.1 Å². The number of aryl methyl sites for hydroxylation is 2. The van der Waals surface area contributed by atoms with E-state index in [1.807, 2.05) is 12.4 Å². The summed E-state index contributed by atoms with van der Waals surface area (Å²) in [6, 6.07) is 10.5. The zero-order valence-corrected chi connectivity index (χ0v) is 13.9. The second kappa shape index (κ2) is 5.53. The van der Waals surface area contributed by atoms with Gasteiger partial charge in [0.1, 0.15) is 5.75 Å². The standard InChI is InChI=1S/C17H17BrN2O/c1-11-6-15-16(7-12(11)2)20(10-19-15)9-13-4-5-17(21-3)14(18)8-13/h4-8,10H,9H2,1-3H3. The van der Waals surface area contributed by atoms with Crippen LogP contribution in [0.5, 0.6) is 5.75 Å². The first-order chi connectivity index (χ1) is 10.1. The Balaban J connectivity index is 1.98. The number of rotatable bonds is 3. The number of hydrogen-bond donors (Lipinski definition) is 0. The molecule has 0 aliphatic rings. The van der Waals surface area contributed by atoms with Gasteiger partial charge in [-0.3, -0.25) is 0 Å². The summed E-state index contributed by atoms with van der Waals surface area (Å²) in [5.41, 5.74) is 6.00. The highest BCUT2D eigenvalue weighted by Crippen LogP contribution is 2.26. The Labute approximate surface area is 132 Å². The third kappa shape index (κ3) is 2.68. The second-order valence-corrected chi connectivity index (χ2v) is 6.12. The number of hydrogen-bond acceptors (Lipinski definition) is 2. The average Bonchev–Trinajstić information content (AvgIpc) is 2.82. The highest BCUT2D eigenvalue weighted by molar-refractivity contribution is 9.10. The van der Waals surface area contributed by atoms with Gasteiger partial charge in [0.05, 0.1) is 28.9 Å². The third-order valence-electron chi connectivity index (χ3n) is 3.81. The average molecular weight is 345 g/mol. The monoisotopic (exact) mass is 344 g/mol. The summed E-state index contributed by atoms with van der Waals surface area (Å²) >= 11 is 3.53. The number of benzene rings is 2. The quantitative estimate of drug-likeness (QED) is 0.700. The number of aromatic nitrogens is 2. The van der Waals surface area contributed by atoms with E-state index in [1.165, 1.54) is 22.2 Å². The molecule has 0 fully saturated rings. The maximum Gasteiger partial charge on any atom is 0.133 e. The number of methoxy groups -OCH3 is 1. The first kappa shape index (κ1) is 14.1. The molecule has 0 bridgehead atoms. The van der Waals surface area contributed by atoms with Crippen molar-refractivity contribution in [2.45, 2.75) is 20.4 Å². The molecule has 0 N–H and O–H groups in total. The number of halogens is 1. The molecule has 0 atom stereocenters. The summed E-state index contributed by atoms with van der Waals surface area (Å²) in [7, 11) is 1.67. The molecule has 0 unspecified atom stereocenters. The van der Waals surface area contributed by atoms with Crippen molar-refractivity contribution in [3.63, 3.8) is 0 Å². The van der Waals surface area contributed by atoms with Gasteiger partial charge in [0.2, 0.25) is 0 Å². The van der Waals surface area contributed by atoms with Crippen LogP contribution in [0.4, 0.5) is 0 Å². The summed E-state index contributed by atoms with van der Waals surface area (Å²) in [5, 5.41) is 0. The largest absolute Gasteiger partial charge is 0.496 e. The van der Waals surface area contributed by atoms with Crippen molar-refractivity contribution >= 4 is 27.0 Å². The Hall–Kier alpha value is -1.81. The van der Waals surface area contributed by atoms with E-state index < -0.39 is 0 Å². The second-order valence-electron chi connectivity index (χ2n) is 5.27. The van der Waals surface area contributed by atoms with E-state index in [2.05, 4.69) is 63.6 Å². The highest BCUT2D eigenvalue weighted by Gasteiger charge is 2.07. The van der Waals surface area contributed by atoms with Crippen LogP contribution in [0.1, 0.15) is 16.7 Å². The van der Waals surface area contributed by atoms with Crippen LogP contribution < -0.4 is 4.74 Å². The van der Waals surface area contributed by atoms with E-state index in [1.54, 1.807) is 7.11 Å². The smallest absolute Gasteiger partial charge is 0.133 e. The molecule has 3 nitrogen and oxygen atoms in total. The molecule has 0 amide bonds. The lowest BCUT2D eigenvalue weighted by Crippen LogP contribution is -1.99. The number of nitrogens with zero attached hydrogens (tertiary/aromatic N) is 2. The summed E-state index contributed by atoms with van der Waals surface area (Å²) in [6.07, 6.45) is 1.90. The van der Waals surface area contributed by atoms with Crippen molar-refractivity contribution in [2.24, 2.45) is 0 Å². The first-order valence-electron chi connectivity index (χ1n) is 6.83. The Morgan fingerprint density at radius 1 is 1.14 bits per heavy atom. The van der Waals surface area contributed by atoms with Gasteiger partial charge >= 0.3 is 0 Å². The van der Waals surface area contributed by atoms with Crippen molar-refractivity contribution < 1.29 is 4.74 Å². The molecule has 21 heavy (non-hydrogen) atoms. The number of ether oxygens (including phenoxy) is 1. The molecule has 1 aromatic heterocycles. The number of imidazole rings is 1. The van der Waals surface area contributed by atoms with Crippen molar-refractivity contribution in [1.82, 2.24) is 9.55 Å². The zero-order chi connectivity index (χ0) is 15.0. The predicted octanol–water partition coefficient (Wildman–Crippen LogP) is 4.47. The lowest BCUT2D eigenvalue weighted by atomic mass is 10.1. The van der Waals surface area contributed by atoms with Gasteiger partial charge in [0, 0.05) is 6.54 Å². The van der Waals surface area contributed by atoms with Crippen LogP contribution in [0, 0.1) is 13.8 Å². The van der Waals surface area contributed by atoms with Gasteiger partial charge in [-0.15, -0.1) is 0 Å². The summed E-state index contributed by atoms with van der Waals surface area (Å²) < 4.78 is 8.42. The third-order valence-corrected chi connectivity index (χ3v) is 4.43. The first-order valence-corrected chi connectivity index (χ1v) is 7.62. The molecule has 0 radical (unpaired) electrons. The maximum absolute atomic E-state index is 5.27. The Kier molecular flexibility index (Phi) is 3.72. The van der Waals surface area contributed by atoms with E-state index in [0.29, 0.717) is 0 Å². The molecule has 0 aliphatic carbocycles. The van der Waals surface area contributed by atoms with Gasteiger partial charge in [-0.2, -0.15) is 0 Å². The minimum atomic E-state index is 0.793. The van der Waals surface area contributed by atoms with Crippen LogP contribution in [0.2, 0.25) is 0 Å². The van der Waals surface area contributed by atoms with E-state index in [9.17, 15) is 0 Å². The fourth-order valence-corrected chi connectivity index (χ4v) is 3.03. The fourth-order valence-electron chi connectivity index (χ4n) is 2.44. The van der Waals surface area contributed by atoms with Crippen LogP contribution in [-0.4, -0.2) is 16.7 Å². The van der Waals surface area contributed by atoms with Crippen LogP contribution in [0.15, 0.2) is 41.1 Å². The molecule has 0 saturated heterocycles. The molecule has 3 aromatic rings. The van der Waals surface area contributed by atoms with Crippen molar-refractivity contribution in [3.8, 4) is 5.75 Å². The van der Waals surface area contributed by atoms with Crippen molar-refractivity contribution in [2.75, 3.05) is 7.11 Å². The van der Waals surface area contributed by atoms with Gasteiger partial charge in [0.25, 0.3) is 0 Å². The molecule has 108 valence electrons. The molecule has 0 aliphatic heterocycles. The van der Waals surface area contributed by atoms with Crippen LogP contribution in [0.3, 0.4) is 0 Å². The Bertz CT molecular complexity index is 808. The van der Waals surface area contributed by atoms with E-state index in [-0.39, 0.29) is 0 Å². The minimum Gasteiger partial charge on any atom is -0.496 e. The predicted molar refractivity (Wildman–Crippen MR) is 89.0 cm³/mol. The van der Waals surface area contributed by atoms with Crippen LogP contribution in [0.25, 0.3) is 11.0 Å².